The topological polar surface area (TPSA) is 56.3 Å². The monoisotopic (exact) mass is 266 g/mol. The number of hydrogen-bond acceptors (Lipinski definition) is 4. The highest BCUT2D eigenvalue weighted by Gasteiger charge is 2.28. The minimum absolute atomic E-state index is 0.0765. The number of nitrogens with two attached hydrogens (primary N) is 1. The van der Waals surface area contributed by atoms with Gasteiger partial charge in [-0.15, -0.1) is 0 Å². The first-order valence-electron chi connectivity index (χ1n) is 7.37. The van der Waals surface area contributed by atoms with Gasteiger partial charge in [-0.3, -0.25) is 9.58 Å². The zero-order chi connectivity index (χ0) is 13.7. The normalized spacial score (nSPS) is 22.6. The zero-order valence-electron chi connectivity index (χ0n) is 12.1. The van der Waals surface area contributed by atoms with Crippen LogP contribution in [0.1, 0.15) is 38.4 Å². The smallest absolute Gasteiger partial charge is 0.0910 e. The lowest BCUT2D eigenvalue weighted by Gasteiger charge is -2.35. The second-order valence-electron chi connectivity index (χ2n) is 5.21. The number of ether oxygens (including phenoxy) is 1. The van der Waals surface area contributed by atoms with Gasteiger partial charge in [0.1, 0.15) is 0 Å². The molecular formula is C14H26N4O. The molecule has 5 nitrogen and oxygen atoms in total. The van der Waals surface area contributed by atoms with Crippen LogP contribution >= 0.6 is 0 Å². The largest absolute Gasteiger partial charge is 0.374 e. The minimum Gasteiger partial charge on any atom is -0.374 e. The molecule has 0 amide bonds. The van der Waals surface area contributed by atoms with Gasteiger partial charge in [-0.2, -0.15) is 5.10 Å². The van der Waals surface area contributed by atoms with Crippen LogP contribution in [-0.2, 0) is 11.3 Å². The SMILES string of the molecule is CCCN1CCOC(C(N)c2ccnn2CCC)C1. The quantitative estimate of drug-likeness (QED) is 0.845. The van der Waals surface area contributed by atoms with E-state index >= 15 is 0 Å². The van der Waals surface area contributed by atoms with Gasteiger partial charge >= 0.3 is 0 Å². The first-order valence-corrected chi connectivity index (χ1v) is 7.37. The van der Waals surface area contributed by atoms with Crippen molar-refractivity contribution < 1.29 is 4.74 Å². The molecule has 1 aliphatic heterocycles. The van der Waals surface area contributed by atoms with Crippen LogP contribution in [0.5, 0.6) is 0 Å². The van der Waals surface area contributed by atoms with Gasteiger partial charge in [0.25, 0.3) is 0 Å². The molecule has 2 rings (SSSR count). The fourth-order valence-electron chi connectivity index (χ4n) is 2.68. The number of rotatable bonds is 6. The van der Waals surface area contributed by atoms with Crippen LogP contribution in [0.25, 0.3) is 0 Å². The average molecular weight is 266 g/mol. The number of hydrogen-bond donors (Lipinski definition) is 1. The molecule has 1 fully saturated rings. The maximum Gasteiger partial charge on any atom is 0.0910 e. The summed E-state index contributed by atoms with van der Waals surface area (Å²) in [4.78, 5) is 2.44. The van der Waals surface area contributed by atoms with E-state index in [0.29, 0.717) is 0 Å². The Morgan fingerprint density at radius 2 is 2.21 bits per heavy atom. The molecular weight excluding hydrogens is 240 g/mol. The maximum atomic E-state index is 6.39. The highest BCUT2D eigenvalue weighted by atomic mass is 16.5. The summed E-state index contributed by atoms with van der Waals surface area (Å²) in [5, 5.41) is 4.34. The Balaban J connectivity index is 2.01. The maximum absolute atomic E-state index is 6.39. The lowest BCUT2D eigenvalue weighted by atomic mass is 10.1. The number of aryl methyl sites for hydroxylation is 1. The van der Waals surface area contributed by atoms with Crippen LogP contribution in [0.3, 0.4) is 0 Å². The minimum atomic E-state index is -0.0892. The molecule has 0 aromatic carbocycles. The van der Waals surface area contributed by atoms with Crippen molar-refractivity contribution in [3.63, 3.8) is 0 Å². The second-order valence-corrected chi connectivity index (χ2v) is 5.21. The van der Waals surface area contributed by atoms with Gasteiger partial charge in [-0.05, 0) is 25.5 Å². The summed E-state index contributed by atoms with van der Waals surface area (Å²) in [6.45, 7) is 9.12. The van der Waals surface area contributed by atoms with Gasteiger partial charge in [0.2, 0.25) is 0 Å². The molecule has 5 heteroatoms. The third kappa shape index (κ3) is 3.55. The molecule has 1 aromatic rings. The van der Waals surface area contributed by atoms with Gasteiger partial charge in [0.05, 0.1) is 24.4 Å². The van der Waals surface area contributed by atoms with E-state index in [1.54, 1.807) is 0 Å². The molecule has 2 atom stereocenters. The third-order valence-corrected chi connectivity index (χ3v) is 3.64. The highest BCUT2D eigenvalue weighted by Crippen LogP contribution is 2.20. The summed E-state index contributed by atoms with van der Waals surface area (Å²) in [5.41, 5.74) is 7.48. The molecule has 0 saturated carbocycles. The molecule has 2 heterocycles. The first-order chi connectivity index (χ1) is 9.26. The van der Waals surface area contributed by atoms with Crippen LogP contribution in [0, 0.1) is 0 Å². The summed E-state index contributed by atoms with van der Waals surface area (Å²) < 4.78 is 7.87. The Labute approximate surface area is 115 Å². The molecule has 2 N–H and O–H groups in total. The Kier molecular flexibility index (Phi) is 5.36. The van der Waals surface area contributed by atoms with Crippen molar-refractivity contribution in [2.45, 2.75) is 45.4 Å². The molecule has 1 aromatic heterocycles. The first kappa shape index (κ1) is 14.5. The van der Waals surface area contributed by atoms with Crippen molar-refractivity contribution in [3.05, 3.63) is 18.0 Å². The van der Waals surface area contributed by atoms with Gasteiger partial charge in [0, 0.05) is 25.8 Å². The van der Waals surface area contributed by atoms with E-state index in [4.69, 9.17) is 10.5 Å². The summed E-state index contributed by atoms with van der Waals surface area (Å²) >= 11 is 0. The summed E-state index contributed by atoms with van der Waals surface area (Å²) in [5.74, 6) is 0. The van der Waals surface area contributed by atoms with Crippen molar-refractivity contribution >= 4 is 0 Å². The van der Waals surface area contributed by atoms with Crippen LogP contribution < -0.4 is 5.73 Å². The van der Waals surface area contributed by atoms with E-state index in [1.807, 2.05) is 16.9 Å². The van der Waals surface area contributed by atoms with Crippen molar-refractivity contribution in [3.8, 4) is 0 Å². The molecule has 0 radical (unpaired) electrons. The molecule has 0 bridgehead atoms. The Hall–Kier alpha value is -0.910. The van der Waals surface area contributed by atoms with Crippen molar-refractivity contribution in [1.29, 1.82) is 0 Å². The van der Waals surface area contributed by atoms with Gasteiger partial charge in [-0.25, -0.2) is 0 Å². The Morgan fingerprint density at radius 3 is 2.95 bits per heavy atom. The molecule has 1 aliphatic rings. The molecule has 108 valence electrons. The van der Waals surface area contributed by atoms with Crippen molar-refractivity contribution in [1.82, 2.24) is 14.7 Å². The molecule has 2 unspecified atom stereocenters. The predicted molar refractivity (Wildman–Crippen MR) is 75.9 cm³/mol. The fraction of sp³-hybridized carbons (Fsp3) is 0.786. The predicted octanol–water partition coefficient (Wildman–Crippen LogP) is 1.40. The highest BCUT2D eigenvalue weighted by molar-refractivity contribution is 5.09. The van der Waals surface area contributed by atoms with Gasteiger partial charge < -0.3 is 10.5 Å². The van der Waals surface area contributed by atoms with Crippen LogP contribution in [0.2, 0.25) is 0 Å². The van der Waals surface area contributed by atoms with Gasteiger partial charge in [0.15, 0.2) is 0 Å². The Bertz CT molecular complexity index is 377. The van der Waals surface area contributed by atoms with E-state index in [1.165, 1.54) is 6.42 Å². The molecule has 1 saturated heterocycles. The van der Waals surface area contributed by atoms with E-state index in [2.05, 4.69) is 23.8 Å². The van der Waals surface area contributed by atoms with E-state index in [-0.39, 0.29) is 12.1 Å². The summed E-state index contributed by atoms with van der Waals surface area (Å²) in [6.07, 6.45) is 4.15. The van der Waals surface area contributed by atoms with Crippen LogP contribution in [-0.4, -0.2) is 47.0 Å². The van der Waals surface area contributed by atoms with Crippen molar-refractivity contribution in [2.75, 3.05) is 26.2 Å². The number of morpholine rings is 1. The average Bonchev–Trinajstić information content (AvgIpc) is 2.87. The zero-order valence-corrected chi connectivity index (χ0v) is 12.1. The molecule has 0 aliphatic carbocycles. The lowest BCUT2D eigenvalue weighted by molar-refractivity contribution is -0.0419. The Morgan fingerprint density at radius 1 is 1.42 bits per heavy atom. The summed E-state index contributed by atoms with van der Waals surface area (Å²) in [7, 11) is 0. The van der Waals surface area contributed by atoms with Crippen molar-refractivity contribution in [2.24, 2.45) is 5.73 Å². The fourth-order valence-corrected chi connectivity index (χ4v) is 2.68. The molecule has 0 spiro atoms. The second kappa shape index (κ2) is 7.03. The van der Waals surface area contributed by atoms with E-state index < -0.39 is 0 Å². The van der Waals surface area contributed by atoms with Gasteiger partial charge in [-0.1, -0.05) is 13.8 Å². The van der Waals surface area contributed by atoms with E-state index in [9.17, 15) is 0 Å². The number of aromatic nitrogens is 2. The standard InChI is InChI=1S/C14H26N4O/c1-3-7-17-9-10-19-13(11-17)14(15)12-5-6-16-18(12)8-4-2/h5-6,13-14H,3-4,7-11,15H2,1-2H3. The number of nitrogens with zero attached hydrogens (tertiary/aromatic N) is 3. The molecule has 19 heavy (non-hydrogen) atoms. The van der Waals surface area contributed by atoms with Crippen LogP contribution in [0.4, 0.5) is 0 Å². The van der Waals surface area contributed by atoms with E-state index in [0.717, 1.165) is 44.9 Å². The third-order valence-electron chi connectivity index (χ3n) is 3.64. The summed E-state index contributed by atoms with van der Waals surface area (Å²) in [6, 6.07) is 1.93. The van der Waals surface area contributed by atoms with Crippen LogP contribution in [0.15, 0.2) is 12.3 Å². The lowest BCUT2D eigenvalue weighted by Crippen LogP contribution is -2.47.